The van der Waals surface area contributed by atoms with Crippen LogP contribution in [0.25, 0.3) is 0 Å². The third-order valence-corrected chi connectivity index (χ3v) is 2.30. The van der Waals surface area contributed by atoms with E-state index in [0.717, 1.165) is 17.7 Å². The smallest absolute Gasteiger partial charge is 0.130 e. The number of hydrogen-bond acceptors (Lipinski definition) is 2. The van der Waals surface area contributed by atoms with Gasteiger partial charge in [-0.2, -0.15) is 0 Å². The average molecular weight is 206 g/mol. The molecule has 0 fully saturated rings. The van der Waals surface area contributed by atoms with Gasteiger partial charge in [0.15, 0.2) is 0 Å². The maximum atomic E-state index is 10.8. The van der Waals surface area contributed by atoms with Crippen molar-refractivity contribution in [1.82, 2.24) is 0 Å². The molecule has 0 heterocycles. The van der Waals surface area contributed by atoms with Gasteiger partial charge in [-0.1, -0.05) is 12.1 Å². The van der Waals surface area contributed by atoms with E-state index in [2.05, 4.69) is 6.07 Å². The van der Waals surface area contributed by atoms with Crippen LogP contribution in [-0.4, -0.2) is 12.4 Å². The first-order chi connectivity index (χ1) is 7.13. The number of ketones is 1. The van der Waals surface area contributed by atoms with Crippen molar-refractivity contribution in [3.8, 4) is 5.75 Å². The van der Waals surface area contributed by atoms with Crippen molar-refractivity contribution < 1.29 is 9.53 Å². The molecular weight excluding hydrogens is 188 g/mol. The fourth-order valence-corrected chi connectivity index (χ4v) is 1.50. The lowest BCUT2D eigenvalue weighted by molar-refractivity contribution is -0.116. The van der Waals surface area contributed by atoms with Gasteiger partial charge in [0.2, 0.25) is 0 Å². The van der Waals surface area contributed by atoms with Crippen molar-refractivity contribution in [3.63, 3.8) is 0 Å². The Morgan fingerprint density at radius 1 is 1.40 bits per heavy atom. The average Bonchev–Trinajstić information content (AvgIpc) is 2.19. The van der Waals surface area contributed by atoms with E-state index >= 15 is 0 Å². The molecule has 0 N–H and O–H groups in total. The first kappa shape index (κ1) is 11.8. The monoisotopic (exact) mass is 206 g/mol. The summed E-state index contributed by atoms with van der Waals surface area (Å²) in [5.74, 6) is 1.17. The second kappa shape index (κ2) is 5.54. The Labute approximate surface area is 91.3 Å². The SMILES string of the molecule is CCOc1ccc(CCC(C)=O)cc1C. The minimum Gasteiger partial charge on any atom is -0.494 e. The molecule has 0 aliphatic rings. The summed E-state index contributed by atoms with van der Waals surface area (Å²) in [6, 6.07) is 6.10. The van der Waals surface area contributed by atoms with Gasteiger partial charge in [-0.25, -0.2) is 0 Å². The van der Waals surface area contributed by atoms with Crippen LogP contribution < -0.4 is 4.74 Å². The van der Waals surface area contributed by atoms with Crippen LogP contribution in [0.15, 0.2) is 18.2 Å². The molecule has 2 nitrogen and oxygen atoms in total. The van der Waals surface area contributed by atoms with Crippen LogP contribution in [0.5, 0.6) is 5.75 Å². The zero-order valence-electron chi connectivity index (χ0n) is 9.67. The summed E-state index contributed by atoms with van der Waals surface area (Å²) in [7, 11) is 0. The Bertz CT molecular complexity index is 342. The maximum Gasteiger partial charge on any atom is 0.130 e. The molecular formula is C13H18O2. The molecule has 0 aromatic heterocycles. The fourth-order valence-electron chi connectivity index (χ4n) is 1.50. The van der Waals surface area contributed by atoms with E-state index in [1.807, 2.05) is 26.0 Å². The molecule has 0 amide bonds. The van der Waals surface area contributed by atoms with Crippen LogP contribution in [0.3, 0.4) is 0 Å². The van der Waals surface area contributed by atoms with Crippen molar-refractivity contribution in [3.05, 3.63) is 29.3 Å². The molecule has 0 bridgehead atoms. The standard InChI is InChI=1S/C13H18O2/c1-4-15-13-8-7-12(9-10(13)2)6-5-11(3)14/h7-9H,4-6H2,1-3H3. The lowest BCUT2D eigenvalue weighted by atomic mass is 10.1. The van der Waals surface area contributed by atoms with E-state index < -0.39 is 0 Å². The normalized spacial score (nSPS) is 10.1. The summed E-state index contributed by atoms with van der Waals surface area (Å²) in [5.41, 5.74) is 2.34. The van der Waals surface area contributed by atoms with Crippen LogP contribution in [0.2, 0.25) is 0 Å². The molecule has 0 spiro atoms. The maximum absolute atomic E-state index is 10.8. The first-order valence-electron chi connectivity index (χ1n) is 5.35. The van der Waals surface area contributed by atoms with Gasteiger partial charge in [-0.3, -0.25) is 0 Å². The van der Waals surface area contributed by atoms with Crippen LogP contribution in [-0.2, 0) is 11.2 Å². The summed E-state index contributed by atoms with van der Waals surface area (Å²) in [4.78, 5) is 10.8. The van der Waals surface area contributed by atoms with Crippen LogP contribution >= 0.6 is 0 Å². The zero-order chi connectivity index (χ0) is 11.3. The van der Waals surface area contributed by atoms with Gasteiger partial charge in [0, 0.05) is 6.42 Å². The van der Waals surface area contributed by atoms with E-state index in [1.165, 1.54) is 5.56 Å². The van der Waals surface area contributed by atoms with E-state index in [0.29, 0.717) is 13.0 Å². The Morgan fingerprint density at radius 2 is 2.13 bits per heavy atom. The molecule has 1 aromatic rings. The van der Waals surface area contributed by atoms with Crippen molar-refractivity contribution in [1.29, 1.82) is 0 Å². The van der Waals surface area contributed by atoms with Gasteiger partial charge in [0.05, 0.1) is 6.61 Å². The summed E-state index contributed by atoms with van der Waals surface area (Å²) in [5, 5.41) is 0. The predicted molar refractivity (Wildman–Crippen MR) is 61.4 cm³/mol. The van der Waals surface area contributed by atoms with Gasteiger partial charge in [0.25, 0.3) is 0 Å². The number of aryl methyl sites for hydroxylation is 2. The predicted octanol–water partition coefficient (Wildman–Crippen LogP) is 2.92. The number of Topliss-reactive ketones (excluding diaryl/α,β-unsaturated/α-hetero) is 1. The summed E-state index contributed by atoms with van der Waals surface area (Å²) >= 11 is 0. The third-order valence-electron chi connectivity index (χ3n) is 2.30. The Morgan fingerprint density at radius 3 is 2.67 bits per heavy atom. The molecule has 0 saturated carbocycles. The molecule has 1 rings (SSSR count). The van der Waals surface area contributed by atoms with Gasteiger partial charge in [0.1, 0.15) is 11.5 Å². The van der Waals surface area contributed by atoms with Gasteiger partial charge in [-0.15, -0.1) is 0 Å². The highest BCUT2D eigenvalue weighted by Gasteiger charge is 2.01. The highest BCUT2D eigenvalue weighted by molar-refractivity contribution is 5.75. The lowest BCUT2D eigenvalue weighted by Crippen LogP contribution is -1.97. The Hall–Kier alpha value is -1.31. The fraction of sp³-hybridized carbons (Fsp3) is 0.462. The molecule has 0 saturated heterocycles. The van der Waals surface area contributed by atoms with Crippen molar-refractivity contribution in [2.45, 2.75) is 33.6 Å². The number of rotatable bonds is 5. The van der Waals surface area contributed by atoms with E-state index in [-0.39, 0.29) is 5.78 Å². The number of carbonyl (C=O) groups excluding carboxylic acids is 1. The molecule has 0 unspecified atom stereocenters. The van der Waals surface area contributed by atoms with Gasteiger partial charge < -0.3 is 9.53 Å². The topological polar surface area (TPSA) is 26.3 Å². The number of ether oxygens (including phenoxy) is 1. The van der Waals surface area contributed by atoms with Crippen LogP contribution in [0.1, 0.15) is 31.4 Å². The summed E-state index contributed by atoms with van der Waals surface area (Å²) < 4.78 is 5.45. The highest BCUT2D eigenvalue weighted by atomic mass is 16.5. The molecule has 82 valence electrons. The van der Waals surface area contributed by atoms with E-state index in [9.17, 15) is 4.79 Å². The minimum atomic E-state index is 0.238. The molecule has 0 aliphatic carbocycles. The van der Waals surface area contributed by atoms with Crippen LogP contribution in [0.4, 0.5) is 0 Å². The molecule has 0 radical (unpaired) electrons. The van der Waals surface area contributed by atoms with Crippen molar-refractivity contribution >= 4 is 5.78 Å². The molecule has 2 heteroatoms. The zero-order valence-corrected chi connectivity index (χ0v) is 9.67. The second-order valence-electron chi connectivity index (χ2n) is 3.73. The second-order valence-corrected chi connectivity index (χ2v) is 3.73. The van der Waals surface area contributed by atoms with E-state index in [1.54, 1.807) is 6.92 Å². The lowest BCUT2D eigenvalue weighted by Gasteiger charge is -2.08. The molecule has 0 atom stereocenters. The van der Waals surface area contributed by atoms with Gasteiger partial charge in [-0.05, 0) is 44.4 Å². The van der Waals surface area contributed by atoms with Gasteiger partial charge >= 0.3 is 0 Å². The van der Waals surface area contributed by atoms with Crippen molar-refractivity contribution in [2.24, 2.45) is 0 Å². The highest BCUT2D eigenvalue weighted by Crippen LogP contribution is 2.19. The molecule has 1 aromatic carbocycles. The minimum absolute atomic E-state index is 0.238. The summed E-state index contributed by atoms with van der Waals surface area (Å²) in [6.07, 6.45) is 1.44. The Kier molecular flexibility index (Phi) is 4.35. The number of carbonyl (C=O) groups is 1. The molecule has 0 aliphatic heterocycles. The molecule has 15 heavy (non-hydrogen) atoms. The summed E-state index contributed by atoms with van der Waals surface area (Å²) in [6.45, 7) is 6.32. The largest absolute Gasteiger partial charge is 0.494 e. The number of benzene rings is 1. The first-order valence-corrected chi connectivity index (χ1v) is 5.35. The third kappa shape index (κ3) is 3.74. The number of hydrogen-bond donors (Lipinski definition) is 0. The van der Waals surface area contributed by atoms with Crippen LogP contribution in [0, 0.1) is 6.92 Å². The van der Waals surface area contributed by atoms with E-state index in [4.69, 9.17) is 4.74 Å². The quantitative estimate of drug-likeness (QED) is 0.740. The van der Waals surface area contributed by atoms with Crippen molar-refractivity contribution in [2.75, 3.05) is 6.61 Å². The Balaban J connectivity index is 2.68.